The maximum atomic E-state index is 15.4. The number of aryl methyl sites for hydroxylation is 3. The van der Waals surface area contributed by atoms with E-state index in [1.54, 1.807) is 11.0 Å². The lowest BCUT2D eigenvalue weighted by molar-refractivity contribution is 0.592. The predicted molar refractivity (Wildman–Crippen MR) is 109 cm³/mol. The molecule has 0 unspecified atom stereocenters. The van der Waals surface area contributed by atoms with Gasteiger partial charge in [-0.3, -0.25) is 0 Å². The van der Waals surface area contributed by atoms with Gasteiger partial charge in [0.05, 0.1) is 6.54 Å². The maximum Gasteiger partial charge on any atom is 0.194 e. The van der Waals surface area contributed by atoms with Gasteiger partial charge >= 0.3 is 0 Å². The van der Waals surface area contributed by atoms with Gasteiger partial charge in [0.15, 0.2) is 5.95 Å². The summed E-state index contributed by atoms with van der Waals surface area (Å²) >= 11 is 0. The van der Waals surface area contributed by atoms with Crippen molar-refractivity contribution in [2.24, 2.45) is 0 Å². The first-order chi connectivity index (χ1) is 12.5. The number of hydrogen-bond donors (Lipinski definition) is 0. The summed E-state index contributed by atoms with van der Waals surface area (Å²) in [4.78, 5) is 1.77. The Morgan fingerprint density at radius 3 is 1.96 bits per heavy atom. The van der Waals surface area contributed by atoms with E-state index in [0.717, 1.165) is 27.9 Å². The Kier molecular flexibility index (Phi) is 5.52. The summed E-state index contributed by atoms with van der Waals surface area (Å²) in [7, 11) is 0. The Morgan fingerprint density at radius 1 is 0.846 bits per heavy atom. The van der Waals surface area contributed by atoms with Crippen LogP contribution in [0.2, 0.25) is 0 Å². The van der Waals surface area contributed by atoms with Crippen LogP contribution in [0.5, 0.6) is 0 Å². The van der Waals surface area contributed by atoms with Gasteiger partial charge in [-0.1, -0.05) is 78.4 Å². The monoisotopic (exact) mass is 345 g/mol. The van der Waals surface area contributed by atoms with Gasteiger partial charge < -0.3 is 4.90 Å². The molecule has 0 fully saturated rings. The van der Waals surface area contributed by atoms with Crippen LogP contribution in [0.25, 0.3) is 6.08 Å². The summed E-state index contributed by atoms with van der Waals surface area (Å²) in [6.07, 6.45) is 1.60. The van der Waals surface area contributed by atoms with E-state index in [-0.39, 0.29) is 5.95 Å². The summed E-state index contributed by atoms with van der Waals surface area (Å²) in [5.74, 6) is -0.255. The fourth-order valence-electron chi connectivity index (χ4n) is 3.39. The van der Waals surface area contributed by atoms with E-state index in [4.69, 9.17) is 0 Å². The quantitative estimate of drug-likeness (QED) is 0.472. The minimum absolute atomic E-state index is 0.255. The van der Waals surface area contributed by atoms with E-state index in [9.17, 15) is 0 Å². The molecule has 0 N–H and O–H groups in total. The zero-order valence-electron chi connectivity index (χ0n) is 15.5. The number of anilines is 1. The number of rotatable bonds is 5. The molecule has 3 aromatic carbocycles. The van der Waals surface area contributed by atoms with Gasteiger partial charge in [-0.15, -0.1) is 0 Å². The lowest BCUT2D eigenvalue weighted by Crippen LogP contribution is -2.21. The van der Waals surface area contributed by atoms with Crippen molar-refractivity contribution >= 4 is 11.8 Å². The molecule has 26 heavy (non-hydrogen) atoms. The normalized spacial score (nSPS) is 11.5. The minimum atomic E-state index is -0.255. The average Bonchev–Trinajstić information content (AvgIpc) is 2.62. The topological polar surface area (TPSA) is 3.24 Å². The lowest BCUT2D eigenvalue weighted by atomic mass is 10.0. The Hall–Kier alpha value is -2.87. The predicted octanol–water partition coefficient (Wildman–Crippen LogP) is 6.59. The molecule has 3 rings (SSSR count). The Bertz CT molecular complexity index is 875. The molecule has 2 heteroatoms. The van der Waals surface area contributed by atoms with Gasteiger partial charge in [-0.2, -0.15) is 4.39 Å². The molecule has 0 bridgehead atoms. The SMILES string of the molecule is Cc1cc(C)c(N(Cc2ccccc2)/C(F)=C/c2ccccc2)c(C)c1. The van der Waals surface area contributed by atoms with Crippen LogP contribution in [-0.4, -0.2) is 0 Å². The largest absolute Gasteiger partial charge is 0.313 e. The molecule has 0 aliphatic heterocycles. The molecule has 1 nitrogen and oxygen atoms in total. The van der Waals surface area contributed by atoms with Gasteiger partial charge in [-0.05, 0) is 49.1 Å². The van der Waals surface area contributed by atoms with Crippen molar-refractivity contribution < 1.29 is 4.39 Å². The van der Waals surface area contributed by atoms with Gasteiger partial charge in [-0.25, -0.2) is 0 Å². The standard InChI is InChI=1S/C24H24FN/c1-18-14-19(2)24(20(3)15-18)26(17-22-12-8-5-9-13-22)23(25)16-21-10-6-4-7-11-21/h4-16H,17H2,1-3H3/b23-16+. The number of benzene rings is 3. The van der Waals surface area contributed by atoms with Crippen LogP contribution < -0.4 is 4.90 Å². The van der Waals surface area contributed by atoms with Crippen molar-refractivity contribution in [1.82, 2.24) is 0 Å². The minimum Gasteiger partial charge on any atom is -0.313 e. The van der Waals surface area contributed by atoms with Gasteiger partial charge in [0.1, 0.15) is 0 Å². The van der Waals surface area contributed by atoms with Crippen molar-refractivity contribution in [2.45, 2.75) is 27.3 Å². The maximum absolute atomic E-state index is 15.4. The second kappa shape index (κ2) is 8.01. The van der Waals surface area contributed by atoms with Crippen molar-refractivity contribution in [2.75, 3.05) is 4.90 Å². The molecule has 0 aliphatic rings. The van der Waals surface area contributed by atoms with E-state index in [0.29, 0.717) is 6.54 Å². The first kappa shape index (κ1) is 17.9. The highest BCUT2D eigenvalue weighted by Gasteiger charge is 2.17. The second-order valence-electron chi connectivity index (χ2n) is 6.70. The summed E-state index contributed by atoms with van der Waals surface area (Å²) in [5.41, 5.74) is 6.21. The highest BCUT2D eigenvalue weighted by atomic mass is 19.1. The molecule has 132 valence electrons. The Balaban J connectivity index is 2.06. The van der Waals surface area contributed by atoms with E-state index < -0.39 is 0 Å². The number of hydrogen-bond acceptors (Lipinski definition) is 1. The lowest BCUT2D eigenvalue weighted by Gasteiger charge is -2.27. The molecule has 0 amide bonds. The molecule has 0 heterocycles. The van der Waals surface area contributed by atoms with E-state index in [2.05, 4.69) is 19.1 Å². The van der Waals surface area contributed by atoms with Crippen molar-refractivity contribution in [3.05, 3.63) is 107 Å². The third-order valence-corrected chi connectivity index (χ3v) is 4.43. The number of nitrogens with zero attached hydrogens (tertiary/aromatic N) is 1. The van der Waals surface area contributed by atoms with E-state index in [1.807, 2.05) is 74.5 Å². The number of halogens is 1. The molecule has 0 atom stereocenters. The molecular weight excluding hydrogens is 321 g/mol. The molecule has 0 aromatic heterocycles. The fourth-order valence-corrected chi connectivity index (χ4v) is 3.39. The van der Waals surface area contributed by atoms with Gasteiger partial charge in [0.25, 0.3) is 0 Å². The second-order valence-corrected chi connectivity index (χ2v) is 6.70. The van der Waals surface area contributed by atoms with Crippen LogP contribution >= 0.6 is 0 Å². The van der Waals surface area contributed by atoms with Crippen LogP contribution in [-0.2, 0) is 6.54 Å². The van der Waals surface area contributed by atoms with Crippen LogP contribution in [0.15, 0.2) is 78.7 Å². The van der Waals surface area contributed by atoms with Crippen LogP contribution in [0.3, 0.4) is 0 Å². The van der Waals surface area contributed by atoms with Crippen LogP contribution in [0, 0.1) is 20.8 Å². The summed E-state index contributed by atoms with van der Waals surface area (Å²) < 4.78 is 15.4. The first-order valence-corrected chi connectivity index (χ1v) is 8.86. The average molecular weight is 345 g/mol. The molecule has 0 spiro atoms. The summed E-state index contributed by atoms with van der Waals surface area (Å²) in [6, 6.07) is 23.8. The highest BCUT2D eigenvalue weighted by Crippen LogP contribution is 2.32. The smallest absolute Gasteiger partial charge is 0.194 e. The van der Waals surface area contributed by atoms with E-state index in [1.165, 1.54) is 5.56 Å². The van der Waals surface area contributed by atoms with Crippen molar-refractivity contribution in [3.63, 3.8) is 0 Å². The molecular formula is C24H24FN. The Labute approximate surface area is 155 Å². The van der Waals surface area contributed by atoms with Gasteiger partial charge in [0.2, 0.25) is 0 Å². The fraction of sp³-hybridized carbons (Fsp3) is 0.167. The molecule has 0 saturated heterocycles. The van der Waals surface area contributed by atoms with Crippen LogP contribution in [0.1, 0.15) is 27.8 Å². The summed E-state index contributed by atoms with van der Waals surface area (Å²) in [5, 5.41) is 0. The highest BCUT2D eigenvalue weighted by molar-refractivity contribution is 5.66. The molecule has 0 aliphatic carbocycles. The Morgan fingerprint density at radius 2 is 1.38 bits per heavy atom. The van der Waals surface area contributed by atoms with Crippen LogP contribution in [0.4, 0.5) is 10.1 Å². The molecule has 3 aromatic rings. The zero-order valence-corrected chi connectivity index (χ0v) is 15.5. The van der Waals surface area contributed by atoms with Gasteiger partial charge in [0, 0.05) is 5.69 Å². The molecule has 0 saturated carbocycles. The van der Waals surface area contributed by atoms with E-state index >= 15 is 4.39 Å². The zero-order chi connectivity index (χ0) is 18.5. The third kappa shape index (κ3) is 4.20. The van der Waals surface area contributed by atoms with Crippen molar-refractivity contribution in [3.8, 4) is 0 Å². The first-order valence-electron chi connectivity index (χ1n) is 8.86. The third-order valence-electron chi connectivity index (χ3n) is 4.43. The molecule has 0 radical (unpaired) electrons. The van der Waals surface area contributed by atoms with Crippen molar-refractivity contribution in [1.29, 1.82) is 0 Å². The summed E-state index contributed by atoms with van der Waals surface area (Å²) in [6.45, 7) is 6.65.